The van der Waals surface area contributed by atoms with Crippen LogP contribution in [0.5, 0.6) is 0 Å². The molecule has 1 aromatic rings. The van der Waals surface area contributed by atoms with Gasteiger partial charge in [0.05, 0.1) is 4.88 Å². The summed E-state index contributed by atoms with van der Waals surface area (Å²) >= 11 is 1.29. The number of allylic oxidation sites excluding steroid dienone is 3. The highest BCUT2D eigenvalue weighted by atomic mass is 32.1. The number of hydrogen-bond donors (Lipinski definition) is 0. The Balaban J connectivity index is 2.58. The van der Waals surface area contributed by atoms with E-state index in [2.05, 4.69) is 11.7 Å². The maximum absolute atomic E-state index is 12.0. The van der Waals surface area contributed by atoms with Gasteiger partial charge in [0.1, 0.15) is 0 Å². The highest BCUT2D eigenvalue weighted by Gasteiger charge is 2.29. The maximum atomic E-state index is 12.0. The second-order valence-corrected chi connectivity index (χ2v) is 4.27. The van der Waals surface area contributed by atoms with Crippen LogP contribution in [0.3, 0.4) is 0 Å². The maximum Gasteiger partial charge on any atom is 0.204 e. The molecule has 0 spiro atoms. The molecule has 1 aliphatic rings. The third-order valence-corrected chi connectivity index (χ3v) is 3.37. The fraction of sp³-hybridized carbons (Fsp3) is 0.0833. The Hall–Kier alpha value is -1.81. The lowest BCUT2D eigenvalue weighted by Crippen LogP contribution is -2.17. The normalized spacial score (nSPS) is 15.8. The van der Waals surface area contributed by atoms with Gasteiger partial charge in [-0.2, -0.15) is 0 Å². The molecule has 0 bridgehead atoms. The van der Waals surface area contributed by atoms with Gasteiger partial charge >= 0.3 is 0 Å². The van der Waals surface area contributed by atoms with E-state index in [1.165, 1.54) is 23.6 Å². The molecule has 0 aromatic carbocycles. The van der Waals surface area contributed by atoms with Gasteiger partial charge in [0.25, 0.3) is 0 Å². The molecule has 0 atom stereocenters. The van der Waals surface area contributed by atoms with Crippen molar-refractivity contribution in [3.63, 3.8) is 0 Å². The Labute approximate surface area is 96.8 Å². The SMILES string of the molecule is C=N/C=C\C1=C(C)C(=O)c2ccsc2C1=O. The van der Waals surface area contributed by atoms with E-state index >= 15 is 0 Å². The third-order valence-electron chi connectivity index (χ3n) is 2.45. The lowest BCUT2D eigenvalue weighted by Gasteiger charge is -2.12. The highest BCUT2D eigenvalue weighted by Crippen LogP contribution is 2.30. The van der Waals surface area contributed by atoms with E-state index in [9.17, 15) is 9.59 Å². The number of ketones is 2. The predicted octanol–water partition coefficient (Wildman–Crippen LogP) is 2.66. The molecule has 1 heterocycles. The van der Waals surface area contributed by atoms with Crippen LogP contribution >= 0.6 is 11.3 Å². The second-order valence-electron chi connectivity index (χ2n) is 3.36. The molecule has 0 saturated carbocycles. The molecular formula is C12H9NO2S. The number of thiophene rings is 1. The van der Waals surface area contributed by atoms with Crippen molar-refractivity contribution >= 4 is 29.6 Å². The van der Waals surface area contributed by atoms with Crippen LogP contribution in [0.25, 0.3) is 0 Å². The summed E-state index contributed by atoms with van der Waals surface area (Å²) in [6.45, 7) is 4.95. The monoisotopic (exact) mass is 231 g/mol. The smallest absolute Gasteiger partial charge is 0.204 e. The van der Waals surface area contributed by atoms with Crippen LogP contribution in [-0.4, -0.2) is 18.3 Å². The molecular weight excluding hydrogens is 222 g/mol. The summed E-state index contributed by atoms with van der Waals surface area (Å²) in [7, 11) is 0. The van der Waals surface area contributed by atoms with Crippen molar-refractivity contribution in [2.24, 2.45) is 4.99 Å². The zero-order valence-electron chi connectivity index (χ0n) is 8.69. The molecule has 4 heteroatoms. The Morgan fingerprint density at radius 3 is 2.81 bits per heavy atom. The minimum absolute atomic E-state index is 0.0837. The van der Waals surface area contributed by atoms with Crippen LogP contribution in [0, 0.1) is 0 Å². The number of nitrogens with zero attached hydrogens (tertiary/aromatic N) is 1. The van der Waals surface area contributed by atoms with Crippen molar-refractivity contribution in [3.8, 4) is 0 Å². The summed E-state index contributed by atoms with van der Waals surface area (Å²) in [4.78, 5) is 28.0. The third kappa shape index (κ3) is 1.47. The topological polar surface area (TPSA) is 46.5 Å². The number of Topliss-reactive ketones (excluding diaryl/α,β-unsaturated/α-hetero) is 2. The number of fused-ring (bicyclic) bond motifs is 1. The molecule has 0 unspecified atom stereocenters. The van der Waals surface area contributed by atoms with Crippen molar-refractivity contribution < 1.29 is 9.59 Å². The Bertz CT molecular complexity index is 549. The lowest BCUT2D eigenvalue weighted by molar-refractivity contribution is 0.0981. The van der Waals surface area contributed by atoms with Crippen molar-refractivity contribution in [1.82, 2.24) is 0 Å². The minimum atomic E-state index is -0.109. The van der Waals surface area contributed by atoms with Gasteiger partial charge in [-0.25, -0.2) is 0 Å². The molecule has 0 N–H and O–H groups in total. The van der Waals surface area contributed by atoms with E-state index < -0.39 is 0 Å². The summed E-state index contributed by atoms with van der Waals surface area (Å²) in [5, 5.41) is 1.76. The van der Waals surface area contributed by atoms with Gasteiger partial charge in [-0.3, -0.25) is 14.6 Å². The second kappa shape index (κ2) is 3.98. The van der Waals surface area contributed by atoms with Crippen LogP contribution in [-0.2, 0) is 0 Å². The van der Waals surface area contributed by atoms with E-state index in [0.29, 0.717) is 21.6 Å². The number of carbonyl (C=O) groups is 2. The number of hydrogen-bond acceptors (Lipinski definition) is 4. The van der Waals surface area contributed by atoms with Crippen LogP contribution < -0.4 is 0 Å². The molecule has 0 radical (unpaired) electrons. The summed E-state index contributed by atoms with van der Waals surface area (Å²) in [5.41, 5.74) is 1.39. The lowest BCUT2D eigenvalue weighted by atomic mass is 9.90. The van der Waals surface area contributed by atoms with Gasteiger partial charge in [0.2, 0.25) is 5.78 Å². The largest absolute Gasteiger partial charge is 0.289 e. The van der Waals surface area contributed by atoms with Gasteiger partial charge in [0, 0.05) is 22.9 Å². The Morgan fingerprint density at radius 1 is 1.38 bits per heavy atom. The van der Waals surface area contributed by atoms with Crippen LogP contribution in [0.2, 0.25) is 0 Å². The van der Waals surface area contributed by atoms with Crippen LogP contribution in [0.15, 0.2) is 39.9 Å². The minimum Gasteiger partial charge on any atom is -0.289 e. The van der Waals surface area contributed by atoms with E-state index in [-0.39, 0.29) is 11.6 Å². The van der Waals surface area contributed by atoms with Gasteiger partial charge in [-0.1, -0.05) is 0 Å². The molecule has 0 fully saturated rings. The summed E-state index contributed by atoms with van der Waals surface area (Å²) in [6.07, 6.45) is 2.95. The molecule has 1 aliphatic carbocycles. The fourth-order valence-corrected chi connectivity index (χ4v) is 2.45. The summed E-state index contributed by atoms with van der Waals surface area (Å²) in [6, 6.07) is 1.69. The molecule has 0 saturated heterocycles. The van der Waals surface area contributed by atoms with E-state index in [0.717, 1.165) is 0 Å². The fourth-order valence-electron chi connectivity index (χ4n) is 1.61. The summed E-state index contributed by atoms with van der Waals surface area (Å²) in [5.74, 6) is -0.193. The van der Waals surface area contributed by atoms with E-state index in [1.54, 1.807) is 18.4 Å². The van der Waals surface area contributed by atoms with Gasteiger partial charge in [-0.05, 0) is 31.2 Å². The predicted molar refractivity (Wildman–Crippen MR) is 64.4 cm³/mol. The van der Waals surface area contributed by atoms with E-state index in [1.807, 2.05) is 0 Å². The van der Waals surface area contributed by atoms with Crippen LogP contribution in [0.1, 0.15) is 27.0 Å². The van der Waals surface area contributed by atoms with E-state index in [4.69, 9.17) is 0 Å². The summed E-state index contributed by atoms with van der Waals surface area (Å²) < 4.78 is 0. The average Bonchev–Trinajstić information content (AvgIpc) is 2.75. The zero-order valence-corrected chi connectivity index (χ0v) is 9.50. The number of carbonyl (C=O) groups excluding carboxylic acids is 2. The van der Waals surface area contributed by atoms with Gasteiger partial charge < -0.3 is 0 Å². The van der Waals surface area contributed by atoms with Gasteiger partial charge in [-0.15, -0.1) is 11.3 Å². The standard InChI is InChI=1S/C12H9NO2S/c1-7-8(3-5-13-2)11(15)12-9(10(7)14)4-6-16-12/h3-6H,2H2,1H3/b5-3-. The van der Waals surface area contributed by atoms with Gasteiger partial charge in [0.15, 0.2) is 5.78 Å². The highest BCUT2D eigenvalue weighted by molar-refractivity contribution is 7.12. The first kappa shape index (κ1) is 10.7. The Morgan fingerprint density at radius 2 is 2.12 bits per heavy atom. The first-order chi connectivity index (χ1) is 7.66. The van der Waals surface area contributed by atoms with Crippen molar-refractivity contribution in [2.45, 2.75) is 6.92 Å². The quantitative estimate of drug-likeness (QED) is 0.734. The molecule has 3 nitrogen and oxygen atoms in total. The average molecular weight is 231 g/mol. The van der Waals surface area contributed by atoms with Crippen LogP contribution in [0.4, 0.5) is 0 Å². The first-order valence-electron chi connectivity index (χ1n) is 4.67. The molecule has 0 aliphatic heterocycles. The molecule has 2 rings (SSSR count). The zero-order chi connectivity index (χ0) is 11.7. The molecule has 16 heavy (non-hydrogen) atoms. The van der Waals surface area contributed by atoms with Crippen molar-refractivity contribution in [3.05, 3.63) is 45.3 Å². The van der Waals surface area contributed by atoms with Crippen molar-refractivity contribution in [1.29, 1.82) is 0 Å². The molecule has 1 aromatic heterocycles. The molecule has 80 valence electrons. The number of rotatable bonds is 2. The first-order valence-corrected chi connectivity index (χ1v) is 5.55. The number of aliphatic imine (C=N–C) groups is 1. The molecule has 0 amide bonds. The Kier molecular flexibility index (Phi) is 2.66. The van der Waals surface area contributed by atoms with Crippen molar-refractivity contribution in [2.75, 3.05) is 0 Å².